The highest BCUT2D eigenvalue weighted by Crippen LogP contribution is 2.27. The van der Waals surface area contributed by atoms with Gasteiger partial charge in [0.2, 0.25) is 5.91 Å². The van der Waals surface area contributed by atoms with Crippen molar-refractivity contribution in [2.24, 2.45) is 0 Å². The van der Waals surface area contributed by atoms with Gasteiger partial charge in [-0.25, -0.2) is 12.4 Å². The van der Waals surface area contributed by atoms with Crippen LogP contribution in [0, 0.1) is 6.92 Å². The maximum Gasteiger partial charge on any atom is 0.268 e. The van der Waals surface area contributed by atoms with Gasteiger partial charge in [0.25, 0.3) is 10.0 Å². The van der Waals surface area contributed by atoms with Crippen molar-refractivity contribution < 1.29 is 13.2 Å². The number of hydrogen-bond acceptors (Lipinski definition) is 3. The molecule has 0 unspecified atom stereocenters. The summed E-state index contributed by atoms with van der Waals surface area (Å²) in [6, 6.07) is 11.4. The molecule has 0 saturated heterocycles. The fourth-order valence-electron chi connectivity index (χ4n) is 2.49. The summed E-state index contributed by atoms with van der Waals surface area (Å²) in [5, 5.41) is 3.88. The van der Waals surface area contributed by atoms with Crippen LogP contribution in [0.3, 0.4) is 0 Å². The molecule has 0 spiro atoms. The molecule has 0 fully saturated rings. The standard InChI is InChI=1S/C17H15ClN2O3S/c1-11-3-6-15(10-16(11)19-12(2)21)24(22,23)20-8-7-13-4-5-14(18)9-17(13)20/h3-10H,1-2H3,(H,19,21). The van der Waals surface area contributed by atoms with E-state index in [1.54, 1.807) is 37.3 Å². The van der Waals surface area contributed by atoms with Crippen LogP contribution in [0.4, 0.5) is 5.69 Å². The fraction of sp³-hybridized carbons (Fsp3) is 0.118. The van der Waals surface area contributed by atoms with Crippen molar-refractivity contribution in [1.82, 2.24) is 3.97 Å². The molecule has 1 heterocycles. The zero-order valence-corrected chi connectivity index (χ0v) is 14.6. The average molecular weight is 363 g/mol. The number of fused-ring (bicyclic) bond motifs is 1. The number of rotatable bonds is 3. The average Bonchev–Trinajstić information content (AvgIpc) is 2.92. The van der Waals surface area contributed by atoms with E-state index >= 15 is 0 Å². The lowest BCUT2D eigenvalue weighted by Gasteiger charge is -2.11. The first-order valence-corrected chi connectivity index (χ1v) is 9.01. The molecule has 0 aliphatic carbocycles. The molecule has 1 aromatic heterocycles. The minimum Gasteiger partial charge on any atom is -0.326 e. The lowest BCUT2D eigenvalue weighted by Crippen LogP contribution is -2.13. The summed E-state index contributed by atoms with van der Waals surface area (Å²) in [5.74, 6) is -0.258. The number of anilines is 1. The minimum atomic E-state index is -3.81. The van der Waals surface area contributed by atoms with E-state index in [1.165, 1.54) is 29.2 Å². The van der Waals surface area contributed by atoms with E-state index in [9.17, 15) is 13.2 Å². The number of carbonyl (C=O) groups excluding carboxylic acids is 1. The zero-order chi connectivity index (χ0) is 17.5. The molecular formula is C17H15ClN2O3S. The number of aromatic nitrogens is 1. The first kappa shape index (κ1) is 16.5. The van der Waals surface area contributed by atoms with Gasteiger partial charge in [0.1, 0.15) is 0 Å². The Hall–Kier alpha value is -2.31. The van der Waals surface area contributed by atoms with E-state index in [0.717, 1.165) is 10.9 Å². The summed E-state index contributed by atoms with van der Waals surface area (Å²) in [6.07, 6.45) is 1.49. The van der Waals surface area contributed by atoms with Gasteiger partial charge in [-0.1, -0.05) is 23.7 Å². The first-order chi connectivity index (χ1) is 11.3. The molecule has 0 bridgehead atoms. The van der Waals surface area contributed by atoms with Crippen LogP contribution in [0.15, 0.2) is 53.6 Å². The third kappa shape index (κ3) is 2.90. The Bertz CT molecular complexity index is 1050. The van der Waals surface area contributed by atoms with Gasteiger partial charge >= 0.3 is 0 Å². The Labute approximate surface area is 144 Å². The van der Waals surface area contributed by atoms with Gasteiger partial charge in [0, 0.05) is 29.2 Å². The zero-order valence-electron chi connectivity index (χ0n) is 13.1. The van der Waals surface area contributed by atoms with Crippen LogP contribution >= 0.6 is 11.6 Å². The third-order valence-electron chi connectivity index (χ3n) is 3.70. The van der Waals surface area contributed by atoms with E-state index in [2.05, 4.69) is 5.32 Å². The summed E-state index contributed by atoms with van der Waals surface area (Å²) in [5.41, 5.74) is 1.76. The molecule has 5 nitrogen and oxygen atoms in total. The molecule has 7 heteroatoms. The molecule has 0 radical (unpaired) electrons. The van der Waals surface area contributed by atoms with Crippen molar-refractivity contribution in [2.75, 3.05) is 5.32 Å². The smallest absolute Gasteiger partial charge is 0.268 e. The van der Waals surface area contributed by atoms with Crippen LogP contribution in [0.2, 0.25) is 5.02 Å². The molecule has 3 aromatic rings. The molecule has 1 N–H and O–H groups in total. The maximum absolute atomic E-state index is 13.0. The molecule has 24 heavy (non-hydrogen) atoms. The van der Waals surface area contributed by atoms with Crippen LogP contribution < -0.4 is 5.32 Å². The molecule has 0 aliphatic rings. The van der Waals surface area contributed by atoms with Crippen molar-refractivity contribution in [3.63, 3.8) is 0 Å². The van der Waals surface area contributed by atoms with Crippen molar-refractivity contribution in [1.29, 1.82) is 0 Å². The number of benzene rings is 2. The van der Waals surface area contributed by atoms with Gasteiger partial charge in [-0.15, -0.1) is 0 Å². The second-order valence-electron chi connectivity index (χ2n) is 5.48. The van der Waals surface area contributed by atoms with E-state index in [-0.39, 0.29) is 10.8 Å². The van der Waals surface area contributed by atoms with Crippen LogP contribution in [0.5, 0.6) is 0 Å². The number of nitrogens with zero attached hydrogens (tertiary/aromatic N) is 1. The van der Waals surface area contributed by atoms with Crippen molar-refractivity contribution in [3.8, 4) is 0 Å². The highest BCUT2D eigenvalue weighted by molar-refractivity contribution is 7.90. The van der Waals surface area contributed by atoms with Crippen molar-refractivity contribution >= 4 is 44.1 Å². The van der Waals surface area contributed by atoms with Gasteiger partial charge in [0.15, 0.2) is 0 Å². The van der Waals surface area contributed by atoms with Crippen molar-refractivity contribution in [3.05, 3.63) is 59.2 Å². The summed E-state index contributed by atoms with van der Waals surface area (Å²) >= 11 is 5.99. The van der Waals surface area contributed by atoms with Gasteiger partial charge in [-0.05, 0) is 42.8 Å². The molecule has 0 aliphatic heterocycles. The molecule has 1 amide bonds. The number of hydrogen-bond donors (Lipinski definition) is 1. The molecule has 2 aromatic carbocycles. The topological polar surface area (TPSA) is 68.2 Å². The van der Waals surface area contributed by atoms with Crippen LogP contribution in [-0.2, 0) is 14.8 Å². The van der Waals surface area contributed by atoms with E-state index in [1.807, 2.05) is 0 Å². The molecule has 0 saturated carbocycles. The number of nitrogens with one attached hydrogen (secondary N) is 1. The lowest BCUT2D eigenvalue weighted by molar-refractivity contribution is -0.114. The lowest BCUT2D eigenvalue weighted by atomic mass is 10.2. The normalized spacial score (nSPS) is 11.6. The van der Waals surface area contributed by atoms with E-state index < -0.39 is 10.0 Å². The summed E-state index contributed by atoms with van der Waals surface area (Å²) in [4.78, 5) is 11.4. The first-order valence-electron chi connectivity index (χ1n) is 7.19. The second-order valence-corrected chi connectivity index (χ2v) is 7.73. The highest BCUT2D eigenvalue weighted by atomic mass is 35.5. The monoisotopic (exact) mass is 362 g/mol. The summed E-state index contributed by atoms with van der Waals surface area (Å²) < 4.78 is 27.1. The fourth-order valence-corrected chi connectivity index (χ4v) is 4.02. The summed E-state index contributed by atoms with van der Waals surface area (Å²) in [7, 11) is -3.81. The Morgan fingerprint density at radius 1 is 1.12 bits per heavy atom. The SMILES string of the molecule is CC(=O)Nc1cc(S(=O)(=O)n2ccc3ccc(Cl)cc32)ccc1C. The predicted octanol–water partition coefficient (Wildman–Crippen LogP) is 3.80. The Morgan fingerprint density at radius 3 is 2.58 bits per heavy atom. The second kappa shape index (κ2) is 5.96. The number of carbonyl (C=O) groups is 1. The van der Waals surface area contributed by atoms with Crippen molar-refractivity contribution in [2.45, 2.75) is 18.7 Å². The maximum atomic E-state index is 13.0. The Morgan fingerprint density at radius 2 is 1.88 bits per heavy atom. The Kier molecular flexibility index (Phi) is 4.11. The predicted molar refractivity (Wildman–Crippen MR) is 95.0 cm³/mol. The summed E-state index contributed by atoms with van der Waals surface area (Å²) in [6.45, 7) is 3.18. The highest BCUT2D eigenvalue weighted by Gasteiger charge is 2.20. The molecule has 124 valence electrons. The molecule has 3 rings (SSSR count). The molecular weight excluding hydrogens is 348 g/mol. The van der Waals surface area contributed by atoms with Gasteiger partial charge in [-0.3, -0.25) is 4.79 Å². The number of amides is 1. The van der Waals surface area contributed by atoms with Gasteiger partial charge in [-0.2, -0.15) is 0 Å². The third-order valence-corrected chi connectivity index (χ3v) is 5.62. The van der Waals surface area contributed by atoms with Crippen LogP contribution in [-0.4, -0.2) is 18.3 Å². The number of halogens is 1. The van der Waals surface area contributed by atoms with Gasteiger partial charge < -0.3 is 5.32 Å². The van der Waals surface area contributed by atoms with E-state index in [0.29, 0.717) is 16.2 Å². The minimum absolute atomic E-state index is 0.0920. The Balaban J connectivity index is 2.16. The molecule has 0 atom stereocenters. The largest absolute Gasteiger partial charge is 0.326 e. The van der Waals surface area contributed by atoms with E-state index in [4.69, 9.17) is 11.6 Å². The quantitative estimate of drug-likeness (QED) is 0.770. The van der Waals surface area contributed by atoms with Crippen LogP contribution in [0.25, 0.3) is 10.9 Å². The van der Waals surface area contributed by atoms with Crippen LogP contribution in [0.1, 0.15) is 12.5 Å². The van der Waals surface area contributed by atoms with Gasteiger partial charge in [0.05, 0.1) is 10.4 Å². The number of aryl methyl sites for hydroxylation is 1.